The smallest absolute Gasteiger partial charge is 0.332 e. The molecule has 0 saturated heterocycles. The second kappa shape index (κ2) is 9.64. The Morgan fingerprint density at radius 1 is 1.20 bits per heavy atom. The molecule has 1 atom stereocenters. The molecule has 25 heavy (non-hydrogen) atoms. The summed E-state index contributed by atoms with van der Waals surface area (Å²) in [5.41, 5.74) is -0.407. The van der Waals surface area contributed by atoms with Crippen molar-refractivity contribution in [3.63, 3.8) is 0 Å². The van der Waals surface area contributed by atoms with Crippen molar-refractivity contribution in [3.8, 4) is 0 Å². The fraction of sp³-hybridized carbons (Fsp3) is 0.789. The Hall–Kier alpha value is -0.983. The largest absolute Gasteiger partial charge is 0.458 e. The average Bonchev–Trinajstić information content (AvgIpc) is 2.39. The molecule has 0 saturated carbocycles. The second-order valence-electron chi connectivity index (χ2n) is 8.80. The summed E-state index contributed by atoms with van der Waals surface area (Å²) in [6.45, 7) is 16.7. The minimum atomic E-state index is -1.68. The summed E-state index contributed by atoms with van der Waals surface area (Å²) in [6, 6.07) is 0. The maximum Gasteiger partial charge on any atom is 0.332 e. The van der Waals surface area contributed by atoms with Crippen LogP contribution < -0.4 is 0 Å². The summed E-state index contributed by atoms with van der Waals surface area (Å²) < 4.78 is 15.7. The van der Waals surface area contributed by atoms with Gasteiger partial charge in [0.15, 0.2) is 14.1 Å². The lowest BCUT2D eigenvalue weighted by atomic mass is 10.0. The SMILES string of the molecule is CC(C)(C)[Si](C)(C)O[C@@H]1C=CC(=O)CC1.COCC(=O)OC(C)(C)C. The molecule has 1 aliphatic rings. The number of allylic oxidation sites excluding steroid dienone is 1. The third-order valence-corrected chi connectivity index (χ3v) is 8.61. The topological polar surface area (TPSA) is 61.8 Å². The first-order chi connectivity index (χ1) is 11.2. The lowest BCUT2D eigenvalue weighted by Gasteiger charge is -2.39. The summed E-state index contributed by atoms with van der Waals surface area (Å²) in [4.78, 5) is 21.8. The molecule has 0 N–H and O–H groups in total. The maximum absolute atomic E-state index is 11.0. The Labute approximate surface area is 154 Å². The van der Waals surface area contributed by atoms with Crippen LogP contribution in [0.2, 0.25) is 18.1 Å². The molecule has 0 aromatic carbocycles. The van der Waals surface area contributed by atoms with Crippen molar-refractivity contribution in [2.24, 2.45) is 0 Å². The van der Waals surface area contributed by atoms with E-state index in [0.717, 1.165) is 6.42 Å². The molecule has 0 amide bonds. The van der Waals surface area contributed by atoms with Crippen LogP contribution in [0.4, 0.5) is 0 Å². The van der Waals surface area contributed by atoms with E-state index in [4.69, 9.17) is 9.16 Å². The molecule has 0 bridgehead atoms. The van der Waals surface area contributed by atoms with Crippen LogP contribution in [0.3, 0.4) is 0 Å². The molecule has 5 nitrogen and oxygen atoms in total. The number of ketones is 1. The Morgan fingerprint density at radius 3 is 2.12 bits per heavy atom. The zero-order valence-electron chi connectivity index (χ0n) is 17.4. The van der Waals surface area contributed by atoms with E-state index < -0.39 is 13.9 Å². The lowest BCUT2D eigenvalue weighted by molar-refractivity contribution is -0.159. The van der Waals surface area contributed by atoms with E-state index in [0.29, 0.717) is 6.42 Å². The Balaban J connectivity index is 0.000000504. The minimum absolute atomic E-state index is 0.0251. The number of rotatable bonds is 4. The third-order valence-electron chi connectivity index (χ3n) is 4.11. The summed E-state index contributed by atoms with van der Waals surface area (Å²) >= 11 is 0. The van der Waals surface area contributed by atoms with Crippen LogP contribution in [0.5, 0.6) is 0 Å². The van der Waals surface area contributed by atoms with Gasteiger partial charge < -0.3 is 13.9 Å². The van der Waals surface area contributed by atoms with Crippen molar-refractivity contribution in [1.82, 2.24) is 0 Å². The van der Waals surface area contributed by atoms with Crippen molar-refractivity contribution in [3.05, 3.63) is 12.2 Å². The quantitative estimate of drug-likeness (QED) is 0.545. The normalized spacial score (nSPS) is 18.4. The van der Waals surface area contributed by atoms with E-state index in [1.807, 2.05) is 26.8 Å². The molecule has 0 aliphatic heterocycles. The second-order valence-corrected chi connectivity index (χ2v) is 13.6. The zero-order chi connectivity index (χ0) is 19.9. The molecule has 146 valence electrons. The van der Waals surface area contributed by atoms with Crippen molar-refractivity contribution in [2.45, 2.75) is 84.2 Å². The molecule has 0 heterocycles. The predicted octanol–water partition coefficient (Wildman–Crippen LogP) is 4.27. The number of hydrogen-bond donors (Lipinski definition) is 0. The highest BCUT2D eigenvalue weighted by Crippen LogP contribution is 2.38. The van der Waals surface area contributed by atoms with Crippen molar-refractivity contribution in [2.75, 3.05) is 13.7 Å². The number of carbonyl (C=O) groups excluding carboxylic acids is 2. The lowest BCUT2D eigenvalue weighted by Crippen LogP contribution is -2.44. The van der Waals surface area contributed by atoms with Crippen molar-refractivity contribution >= 4 is 20.1 Å². The van der Waals surface area contributed by atoms with Gasteiger partial charge in [0, 0.05) is 13.5 Å². The van der Waals surface area contributed by atoms with Gasteiger partial charge in [0.2, 0.25) is 0 Å². The van der Waals surface area contributed by atoms with Gasteiger partial charge in [-0.05, 0) is 51.4 Å². The van der Waals surface area contributed by atoms with Crippen LogP contribution in [0.25, 0.3) is 0 Å². The number of carbonyl (C=O) groups is 2. The Bertz CT molecular complexity index is 469. The maximum atomic E-state index is 11.0. The number of hydrogen-bond acceptors (Lipinski definition) is 5. The predicted molar refractivity (Wildman–Crippen MR) is 103 cm³/mol. The highest BCUT2D eigenvalue weighted by molar-refractivity contribution is 6.74. The van der Waals surface area contributed by atoms with Gasteiger partial charge in [0.05, 0.1) is 6.10 Å². The minimum Gasteiger partial charge on any atom is -0.458 e. The van der Waals surface area contributed by atoms with Crippen molar-refractivity contribution in [1.29, 1.82) is 0 Å². The number of esters is 1. The van der Waals surface area contributed by atoms with Gasteiger partial charge in [-0.25, -0.2) is 4.79 Å². The molecule has 6 heteroatoms. The van der Waals surface area contributed by atoms with E-state index in [1.165, 1.54) is 7.11 Å². The first-order valence-corrected chi connectivity index (χ1v) is 11.7. The van der Waals surface area contributed by atoms with Gasteiger partial charge in [0.1, 0.15) is 12.2 Å². The molecule has 1 rings (SSSR count). The van der Waals surface area contributed by atoms with Crippen LogP contribution in [-0.4, -0.2) is 45.5 Å². The monoisotopic (exact) mass is 372 g/mol. The van der Waals surface area contributed by atoms with Gasteiger partial charge >= 0.3 is 5.97 Å². The highest BCUT2D eigenvalue weighted by Gasteiger charge is 2.39. The average molecular weight is 373 g/mol. The Morgan fingerprint density at radius 2 is 1.76 bits per heavy atom. The van der Waals surface area contributed by atoms with Gasteiger partial charge in [-0.3, -0.25) is 4.79 Å². The number of methoxy groups -OCH3 is 1. The van der Waals surface area contributed by atoms with Gasteiger partial charge in [0.25, 0.3) is 0 Å². The fourth-order valence-electron chi connectivity index (χ4n) is 1.82. The number of ether oxygens (including phenoxy) is 2. The van der Waals surface area contributed by atoms with Gasteiger partial charge in [-0.2, -0.15) is 0 Å². The molecule has 0 radical (unpaired) electrons. The summed E-state index contributed by atoms with van der Waals surface area (Å²) in [5, 5.41) is 0.238. The first-order valence-electron chi connectivity index (χ1n) is 8.77. The summed E-state index contributed by atoms with van der Waals surface area (Å²) in [5.74, 6) is -0.0971. The molecule has 0 aromatic rings. The standard InChI is InChI=1S/C12H22O2Si.C7H14O3/c1-12(2,3)15(4,5)14-11-8-6-10(13)7-9-11;1-7(2,3)10-6(8)5-9-4/h6,8,11H,7,9H2,1-5H3;5H2,1-4H3/t11-;/m1./s1. The van der Waals surface area contributed by atoms with Crippen LogP contribution >= 0.6 is 0 Å². The fourth-order valence-corrected chi connectivity index (χ4v) is 3.13. The molecular weight excluding hydrogens is 336 g/mol. The molecule has 0 unspecified atom stereocenters. The molecule has 0 fully saturated rings. The van der Waals surface area contributed by atoms with Gasteiger partial charge in [-0.15, -0.1) is 0 Å². The van der Waals surface area contributed by atoms with Crippen molar-refractivity contribution < 1.29 is 23.5 Å². The van der Waals surface area contributed by atoms with Gasteiger partial charge in [-0.1, -0.05) is 26.8 Å². The van der Waals surface area contributed by atoms with E-state index in [2.05, 4.69) is 38.6 Å². The molecule has 1 aliphatic carbocycles. The van der Waals surface area contributed by atoms with E-state index in [-0.39, 0.29) is 29.5 Å². The van der Waals surface area contributed by atoms with E-state index in [1.54, 1.807) is 6.08 Å². The molecular formula is C19H36O5Si. The van der Waals surface area contributed by atoms with E-state index >= 15 is 0 Å². The van der Waals surface area contributed by atoms with Crippen LogP contribution in [0.15, 0.2) is 12.2 Å². The van der Waals surface area contributed by atoms with E-state index in [9.17, 15) is 9.59 Å². The first kappa shape index (κ1) is 24.0. The third kappa shape index (κ3) is 10.6. The molecule has 0 spiro atoms. The van der Waals surface area contributed by atoms with Crippen LogP contribution in [0.1, 0.15) is 54.4 Å². The van der Waals surface area contributed by atoms with Crippen LogP contribution in [0, 0.1) is 0 Å². The highest BCUT2D eigenvalue weighted by atomic mass is 28.4. The Kier molecular flexibility index (Phi) is 9.26. The summed E-state index contributed by atoms with van der Waals surface area (Å²) in [6.07, 6.45) is 5.23. The summed E-state index contributed by atoms with van der Waals surface area (Å²) in [7, 11) is -0.215. The zero-order valence-corrected chi connectivity index (χ0v) is 18.4. The van der Waals surface area contributed by atoms with Crippen LogP contribution in [-0.2, 0) is 23.5 Å². The molecule has 0 aromatic heterocycles.